The van der Waals surface area contributed by atoms with Crippen LogP contribution < -0.4 is 0 Å². The van der Waals surface area contributed by atoms with Crippen LogP contribution in [0.3, 0.4) is 0 Å². The molecule has 0 aromatic heterocycles. The van der Waals surface area contributed by atoms with Crippen LogP contribution in [0, 0.1) is 0 Å². The summed E-state index contributed by atoms with van der Waals surface area (Å²) in [5.74, 6) is -0.850. The molecule has 3 rings (SSSR count). The van der Waals surface area contributed by atoms with Crippen molar-refractivity contribution in [2.24, 2.45) is 0 Å². The number of nitrogens with zero attached hydrogens (tertiary/aromatic N) is 1. The van der Waals surface area contributed by atoms with Crippen LogP contribution in [0.4, 0.5) is 0 Å². The third-order valence-corrected chi connectivity index (χ3v) is 6.06. The van der Waals surface area contributed by atoms with Gasteiger partial charge in [0.1, 0.15) is 0 Å². The summed E-state index contributed by atoms with van der Waals surface area (Å²) in [5.41, 5.74) is 4.82. The van der Waals surface area contributed by atoms with Gasteiger partial charge in [-0.15, -0.1) is 0 Å². The Bertz CT molecular complexity index is 1090. The lowest BCUT2D eigenvalue weighted by Crippen LogP contribution is -2.29. The maximum Gasteiger partial charge on any atom is 0.303 e. The van der Waals surface area contributed by atoms with E-state index in [9.17, 15) is 13.2 Å². The molecule has 3 aromatic carbocycles. The van der Waals surface area contributed by atoms with Crippen molar-refractivity contribution in [3.63, 3.8) is 0 Å². The number of carbonyl (C=O) groups is 1. The molecule has 0 atom stereocenters. The molecule has 0 radical (unpaired) electrons. The van der Waals surface area contributed by atoms with E-state index in [1.165, 1.54) is 10.6 Å². The van der Waals surface area contributed by atoms with Gasteiger partial charge in [0.2, 0.25) is 10.0 Å². The molecule has 1 N–H and O–H groups in total. The van der Waals surface area contributed by atoms with Gasteiger partial charge in [-0.1, -0.05) is 78.9 Å². The smallest absolute Gasteiger partial charge is 0.303 e. The fourth-order valence-corrected chi connectivity index (χ4v) is 4.03. The van der Waals surface area contributed by atoms with Crippen molar-refractivity contribution < 1.29 is 18.3 Å². The highest BCUT2D eigenvalue weighted by atomic mass is 32.2. The van der Waals surface area contributed by atoms with Crippen molar-refractivity contribution in [3.8, 4) is 11.1 Å². The number of carboxylic acids is 1. The average Bonchev–Trinajstić information content (AvgIpc) is 2.73. The number of hydrogen-bond donors (Lipinski definition) is 1. The summed E-state index contributed by atoms with van der Waals surface area (Å²) in [6.07, 6.45) is 1.68. The van der Waals surface area contributed by atoms with Gasteiger partial charge in [0.05, 0.1) is 6.26 Å². The van der Waals surface area contributed by atoms with Gasteiger partial charge < -0.3 is 5.11 Å². The van der Waals surface area contributed by atoms with Gasteiger partial charge in [0.25, 0.3) is 0 Å². The van der Waals surface area contributed by atoms with Gasteiger partial charge in [-0.05, 0) is 34.2 Å². The minimum atomic E-state index is -3.42. The van der Waals surface area contributed by atoms with Crippen molar-refractivity contribution in [2.45, 2.75) is 25.9 Å². The average molecular weight is 424 g/mol. The lowest BCUT2D eigenvalue weighted by atomic mass is 10.0. The van der Waals surface area contributed by atoms with Gasteiger partial charge in [0, 0.05) is 19.5 Å². The van der Waals surface area contributed by atoms with Crippen LogP contribution in [0.2, 0.25) is 0 Å². The van der Waals surface area contributed by atoms with E-state index in [1.54, 1.807) is 0 Å². The zero-order valence-electron chi connectivity index (χ0n) is 16.9. The third kappa shape index (κ3) is 6.27. The van der Waals surface area contributed by atoms with Crippen LogP contribution in [-0.2, 0) is 34.3 Å². The molecule has 3 aromatic rings. The first-order chi connectivity index (χ1) is 14.3. The normalized spacial score (nSPS) is 11.5. The quantitative estimate of drug-likeness (QED) is 0.556. The number of benzene rings is 3. The minimum absolute atomic E-state index is 0.0486. The number of aryl methyl sites for hydroxylation is 1. The zero-order valence-corrected chi connectivity index (χ0v) is 17.7. The Morgan fingerprint density at radius 1 is 0.800 bits per heavy atom. The molecule has 0 fully saturated rings. The molecule has 5 nitrogen and oxygen atoms in total. The van der Waals surface area contributed by atoms with E-state index in [0.29, 0.717) is 6.42 Å². The number of sulfonamides is 1. The van der Waals surface area contributed by atoms with Crippen molar-refractivity contribution in [2.75, 3.05) is 6.26 Å². The van der Waals surface area contributed by atoms with Crippen molar-refractivity contribution >= 4 is 16.0 Å². The molecule has 0 spiro atoms. The molecule has 0 heterocycles. The van der Waals surface area contributed by atoms with Crippen molar-refractivity contribution in [1.29, 1.82) is 0 Å². The van der Waals surface area contributed by atoms with Gasteiger partial charge in [-0.25, -0.2) is 8.42 Å². The largest absolute Gasteiger partial charge is 0.481 e. The second-order valence-corrected chi connectivity index (χ2v) is 9.29. The lowest BCUT2D eigenvalue weighted by molar-refractivity contribution is -0.136. The third-order valence-electron chi connectivity index (χ3n) is 4.87. The van der Waals surface area contributed by atoms with E-state index in [1.807, 2.05) is 78.9 Å². The van der Waals surface area contributed by atoms with E-state index in [4.69, 9.17) is 5.11 Å². The molecule has 0 amide bonds. The van der Waals surface area contributed by atoms with Gasteiger partial charge >= 0.3 is 5.97 Å². The lowest BCUT2D eigenvalue weighted by Gasteiger charge is -2.21. The second-order valence-electron chi connectivity index (χ2n) is 7.31. The Hall–Kier alpha value is -2.96. The fourth-order valence-electron chi connectivity index (χ4n) is 3.27. The first kappa shape index (κ1) is 21.7. The standard InChI is InChI=1S/C24H25NO4S/c1-30(28,29)25(18-21-7-5-6-19(16-21)12-15-24(26)27)17-20-10-13-23(14-11-20)22-8-3-2-4-9-22/h2-11,13-14,16H,12,15,17-18H2,1H3,(H,26,27). The summed E-state index contributed by atoms with van der Waals surface area (Å²) in [7, 11) is -3.42. The summed E-state index contributed by atoms with van der Waals surface area (Å²) in [6.45, 7) is 0.507. The van der Waals surface area contributed by atoms with E-state index in [-0.39, 0.29) is 19.5 Å². The Kier molecular flexibility index (Phi) is 7.03. The minimum Gasteiger partial charge on any atom is -0.481 e. The molecule has 30 heavy (non-hydrogen) atoms. The number of rotatable bonds is 9. The highest BCUT2D eigenvalue weighted by Crippen LogP contribution is 2.21. The van der Waals surface area contributed by atoms with Crippen LogP contribution in [-0.4, -0.2) is 30.1 Å². The monoisotopic (exact) mass is 423 g/mol. The van der Waals surface area contributed by atoms with Crippen LogP contribution in [0.5, 0.6) is 0 Å². The Labute approximate surface area is 177 Å². The maximum absolute atomic E-state index is 12.4. The molecule has 0 saturated carbocycles. The molecule has 0 unspecified atom stereocenters. The van der Waals surface area contributed by atoms with Crippen LogP contribution >= 0.6 is 0 Å². The SMILES string of the molecule is CS(=O)(=O)N(Cc1ccc(-c2ccccc2)cc1)Cc1cccc(CCC(=O)O)c1. The summed E-state index contributed by atoms with van der Waals surface area (Å²) in [4.78, 5) is 10.8. The Morgan fingerprint density at radius 2 is 1.40 bits per heavy atom. The Balaban J connectivity index is 1.74. The molecule has 0 saturated heterocycles. The second kappa shape index (κ2) is 9.69. The van der Waals surface area contributed by atoms with E-state index in [2.05, 4.69) is 0 Å². The highest BCUT2D eigenvalue weighted by Gasteiger charge is 2.18. The molecule has 0 aliphatic heterocycles. The molecular formula is C24H25NO4S. The predicted molar refractivity (Wildman–Crippen MR) is 118 cm³/mol. The van der Waals surface area contributed by atoms with Crippen LogP contribution in [0.25, 0.3) is 11.1 Å². The van der Waals surface area contributed by atoms with Gasteiger partial charge in [-0.2, -0.15) is 4.31 Å². The van der Waals surface area contributed by atoms with Gasteiger partial charge in [0.15, 0.2) is 0 Å². The summed E-state index contributed by atoms with van der Waals surface area (Å²) in [6, 6.07) is 25.3. The molecule has 0 aliphatic rings. The van der Waals surface area contributed by atoms with Crippen molar-refractivity contribution in [1.82, 2.24) is 4.31 Å². The topological polar surface area (TPSA) is 74.7 Å². The summed E-state index contributed by atoms with van der Waals surface area (Å²) < 4.78 is 26.2. The zero-order chi connectivity index (χ0) is 21.6. The molecule has 156 valence electrons. The molecule has 0 aliphatic carbocycles. The molecular weight excluding hydrogens is 398 g/mol. The summed E-state index contributed by atoms with van der Waals surface area (Å²) >= 11 is 0. The van der Waals surface area contributed by atoms with Crippen LogP contribution in [0.15, 0.2) is 78.9 Å². The predicted octanol–water partition coefficient (Wildman–Crippen LogP) is 4.33. The first-order valence-electron chi connectivity index (χ1n) is 9.70. The number of hydrogen-bond acceptors (Lipinski definition) is 3. The van der Waals surface area contributed by atoms with E-state index < -0.39 is 16.0 Å². The fraction of sp³-hybridized carbons (Fsp3) is 0.208. The molecule has 0 bridgehead atoms. The molecule has 6 heteroatoms. The number of carboxylic acid groups (broad SMARTS) is 1. The first-order valence-corrected chi connectivity index (χ1v) is 11.6. The number of aliphatic carboxylic acids is 1. The Morgan fingerprint density at radius 3 is 2.03 bits per heavy atom. The van der Waals surface area contributed by atoms with Gasteiger partial charge in [-0.3, -0.25) is 4.79 Å². The highest BCUT2D eigenvalue weighted by molar-refractivity contribution is 7.88. The van der Waals surface area contributed by atoms with E-state index >= 15 is 0 Å². The maximum atomic E-state index is 12.4. The van der Waals surface area contributed by atoms with Crippen molar-refractivity contribution in [3.05, 3.63) is 95.6 Å². The summed E-state index contributed by atoms with van der Waals surface area (Å²) in [5, 5.41) is 8.87. The van der Waals surface area contributed by atoms with E-state index in [0.717, 1.165) is 27.8 Å². The van der Waals surface area contributed by atoms with Crippen LogP contribution in [0.1, 0.15) is 23.1 Å².